The van der Waals surface area contributed by atoms with E-state index in [1.54, 1.807) is 60.7 Å². The van der Waals surface area contributed by atoms with Gasteiger partial charge in [-0.2, -0.15) is 0 Å². The van der Waals surface area contributed by atoms with Crippen LogP contribution >= 0.6 is 11.6 Å². The molecule has 2 amide bonds. The minimum atomic E-state index is -4.25. The number of ether oxygens (including phenoxy) is 1. The van der Waals surface area contributed by atoms with E-state index >= 15 is 0 Å². The predicted octanol–water partition coefficient (Wildman–Crippen LogP) is 6.41. The van der Waals surface area contributed by atoms with Crippen molar-refractivity contribution in [1.82, 2.24) is 10.2 Å². The van der Waals surface area contributed by atoms with E-state index in [1.807, 2.05) is 51.1 Å². The number of nitrogens with zero attached hydrogens (tertiary/aromatic N) is 2. The molecule has 0 aliphatic rings. The molecule has 4 aromatic rings. The average Bonchev–Trinajstić information content (AvgIpc) is 3.06. The largest absolute Gasteiger partial charge is 0.495 e. The standard InChI is InChI=1S/C36H40ClN3O5S/c1-5-27(3)38-36(42)33(23-28-11-7-6-8-12-28)39(24-29-17-19-30(37)20-18-29)35(41)25-40(32-13-9-10-14-34(32)45-4)46(43,44)31-21-15-26(2)16-22-31/h6-22,27,33H,5,23-25H2,1-4H3,(H,38,42)/t27-,33-/m1/s1. The fourth-order valence-corrected chi connectivity index (χ4v) is 6.52. The van der Waals surface area contributed by atoms with Crippen molar-refractivity contribution in [3.8, 4) is 5.75 Å². The number of amides is 2. The highest BCUT2D eigenvalue weighted by molar-refractivity contribution is 7.92. The fraction of sp³-hybridized carbons (Fsp3) is 0.278. The lowest BCUT2D eigenvalue weighted by Gasteiger charge is -2.34. The molecule has 0 spiro atoms. The summed E-state index contributed by atoms with van der Waals surface area (Å²) in [7, 11) is -2.81. The third-order valence-electron chi connectivity index (χ3n) is 7.78. The molecular weight excluding hydrogens is 622 g/mol. The van der Waals surface area contributed by atoms with Crippen molar-refractivity contribution in [2.45, 2.75) is 57.1 Å². The Kier molecular flexibility index (Phi) is 11.8. The van der Waals surface area contributed by atoms with E-state index in [9.17, 15) is 18.0 Å². The van der Waals surface area contributed by atoms with Gasteiger partial charge in [0.25, 0.3) is 10.0 Å². The lowest BCUT2D eigenvalue weighted by atomic mass is 10.0. The number of methoxy groups -OCH3 is 1. The molecule has 0 radical (unpaired) electrons. The molecule has 0 aromatic heterocycles. The number of anilines is 1. The van der Waals surface area contributed by atoms with Crippen molar-refractivity contribution in [3.63, 3.8) is 0 Å². The van der Waals surface area contributed by atoms with E-state index < -0.39 is 28.5 Å². The first-order chi connectivity index (χ1) is 22.0. The summed E-state index contributed by atoms with van der Waals surface area (Å²) >= 11 is 6.16. The Balaban J connectivity index is 1.83. The van der Waals surface area contributed by atoms with Crippen molar-refractivity contribution in [2.75, 3.05) is 18.0 Å². The van der Waals surface area contributed by atoms with Gasteiger partial charge in [0, 0.05) is 24.0 Å². The number of hydrogen-bond donors (Lipinski definition) is 1. The molecule has 8 nitrogen and oxygen atoms in total. The first kappa shape index (κ1) is 34.5. The molecule has 0 aliphatic heterocycles. The van der Waals surface area contributed by atoms with Crippen molar-refractivity contribution in [3.05, 3.63) is 125 Å². The van der Waals surface area contributed by atoms with Crippen LogP contribution in [0.5, 0.6) is 5.75 Å². The second kappa shape index (κ2) is 15.8. The van der Waals surface area contributed by atoms with E-state index in [4.69, 9.17) is 16.3 Å². The minimum Gasteiger partial charge on any atom is -0.495 e. The van der Waals surface area contributed by atoms with Gasteiger partial charge >= 0.3 is 0 Å². The monoisotopic (exact) mass is 661 g/mol. The molecule has 0 aliphatic carbocycles. The number of sulfonamides is 1. The van der Waals surface area contributed by atoms with Gasteiger partial charge in [-0.3, -0.25) is 13.9 Å². The maximum absolute atomic E-state index is 14.6. The number of carbonyl (C=O) groups excluding carboxylic acids is 2. The highest BCUT2D eigenvalue weighted by Gasteiger charge is 2.35. The summed E-state index contributed by atoms with van der Waals surface area (Å²) in [6.07, 6.45) is 0.924. The molecule has 1 N–H and O–H groups in total. The second-order valence-corrected chi connectivity index (χ2v) is 13.5. The van der Waals surface area contributed by atoms with Crippen LogP contribution in [0, 0.1) is 6.92 Å². The van der Waals surface area contributed by atoms with Gasteiger partial charge in [-0.05, 0) is 67.8 Å². The first-order valence-corrected chi connectivity index (χ1v) is 17.0. The Morgan fingerprint density at radius 1 is 0.870 bits per heavy atom. The molecule has 10 heteroatoms. The SMILES string of the molecule is CC[C@@H](C)NC(=O)[C@@H](Cc1ccccc1)N(Cc1ccc(Cl)cc1)C(=O)CN(c1ccccc1OC)S(=O)(=O)c1ccc(C)cc1. The van der Waals surface area contributed by atoms with Crippen molar-refractivity contribution >= 4 is 39.1 Å². The van der Waals surface area contributed by atoms with Crippen LogP contribution < -0.4 is 14.4 Å². The Morgan fingerprint density at radius 2 is 1.50 bits per heavy atom. The summed E-state index contributed by atoms with van der Waals surface area (Å²) in [6, 6.07) is 28.5. The van der Waals surface area contributed by atoms with E-state index in [-0.39, 0.29) is 41.2 Å². The molecule has 0 saturated carbocycles. The minimum absolute atomic E-state index is 0.0245. The Bertz CT molecular complexity index is 1720. The van der Waals surface area contributed by atoms with Crippen LogP contribution in [0.2, 0.25) is 5.02 Å². The van der Waals surface area contributed by atoms with Gasteiger partial charge in [-0.25, -0.2) is 8.42 Å². The average molecular weight is 662 g/mol. The summed E-state index contributed by atoms with van der Waals surface area (Å²) < 4.78 is 35.1. The zero-order chi connectivity index (χ0) is 33.3. The van der Waals surface area contributed by atoms with Gasteiger partial charge in [-0.1, -0.05) is 90.8 Å². The van der Waals surface area contributed by atoms with E-state index in [0.717, 1.165) is 21.0 Å². The highest BCUT2D eigenvalue weighted by atomic mass is 35.5. The van der Waals surface area contributed by atoms with E-state index in [1.165, 1.54) is 24.1 Å². The van der Waals surface area contributed by atoms with Crippen molar-refractivity contribution in [1.29, 1.82) is 0 Å². The zero-order valence-electron chi connectivity index (χ0n) is 26.5. The number of benzene rings is 4. The van der Waals surface area contributed by atoms with Gasteiger partial charge in [0.1, 0.15) is 18.3 Å². The normalized spacial score (nSPS) is 12.5. The predicted molar refractivity (Wildman–Crippen MR) is 183 cm³/mol. The van der Waals surface area contributed by atoms with Crippen LogP contribution in [0.15, 0.2) is 108 Å². The summed E-state index contributed by atoms with van der Waals surface area (Å²) in [5, 5.41) is 3.57. The van der Waals surface area contributed by atoms with Crippen molar-refractivity contribution < 1.29 is 22.7 Å². The van der Waals surface area contributed by atoms with Crippen molar-refractivity contribution in [2.24, 2.45) is 0 Å². The summed E-state index contributed by atoms with van der Waals surface area (Å²) in [4.78, 5) is 30.0. The van der Waals surface area contributed by atoms with Crippen LogP contribution in [0.4, 0.5) is 5.69 Å². The third-order valence-corrected chi connectivity index (χ3v) is 9.81. The van der Waals surface area contributed by atoms with Gasteiger partial charge in [-0.15, -0.1) is 0 Å². The summed E-state index contributed by atoms with van der Waals surface area (Å²) in [5.74, 6) is -0.604. The number of rotatable bonds is 14. The van der Waals surface area contributed by atoms with Gasteiger partial charge in [0.15, 0.2) is 0 Å². The molecule has 0 fully saturated rings. The number of carbonyl (C=O) groups is 2. The molecule has 0 unspecified atom stereocenters. The van der Waals surface area contributed by atoms with Crippen LogP contribution in [-0.4, -0.2) is 50.9 Å². The van der Waals surface area contributed by atoms with Gasteiger partial charge in [0.05, 0.1) is 17.7 Å². The number of halogens is 1. The maximum atomic E-state index is 14.6. The number of para-hydroxylation sites is 2. The van der Waals surface area contributed by atoms with Crippen LogP contribution in [0.1, 0.15) is 37.0 Å². The Hall–Kier alpha value is -4.34. The van der Waals surface area contributed by atoms with E-state index in [0.29, 0.717) is 11.4 Å². The molecule has 0 heterocycles. The molecule has 46 heavy (non-hydrogen) atoms. The molecule has 2 atom stereocenters. The molecule has 242 valence electrons. The van der Waals surface area contributed by atoms with Crippen LogP contribution in [-0.2, 0) is 32.6 Å². The number of hydrogen-bond acceptors (Lipinski definition) is 5. The lowest BCUT2D eigenvalue weighted by molar-refractivity contribution is -0.140. The number of nitrogens with one attached hydrogen (secondary N) is 1. The number of aryl methyl sites for hydroxylation is 1. The fourth-order valence-electron chi connectivity index (χ4n) is 4.97. The molecule has 4 rings (SSSR count). The smallest absolute Gasteiger partial charge is 0.264 e. The van der Waals surface area contributed by atoms with Crippen LogP contribution in [0.25, 0.3) is 0 Å². The van der Waals surface area contributed by atoms with Gasteiger partial charge in [0.2, 0.25) is 11.8 Å². The zero-order valence-corrected chi connectivity index (χ0v) is 28.1. The molecular formula is C36H40ClN3O5S. The first-order valence-electron chi connectivity index (χ1n) is 15.1. The van der Waals surface area contributed by atoms with E-state index in [2.05, 4.69) is 5.32 Å². The lowest BCUT2D eigenvalue weighted by Crippen LogP contribution is -2.54. The maximum Gasteiger partial charge on any atom is 0.264 e. The molecule has 4 aromatic carbocycles. The third kappa shape index (κ3) is 8.68. The second-order valence-electron chi connectivity index (χ2n) is 11.2. The van der Waals surface area contributed by atoms with Gasteiger partial charge < -0.3 is 15.0 Å². The topological polar surface area (TPSA) is 96.0 Å². The quantitative estimate of drug-likeness (QED) is 0.169. The van der Waals surface area contributed by atoms with Crippen LogP contribution in [0.3, 0.4) is 0 Å². The Labute approximate surface area is 277 Å². The highest BCUT2D eigenvalue weighted by Crippen LogP contribution is 2.33. The Morgan fingerprint density at radius 3 is 2.13 bits per heavy atom. The summed E-state index contributed by atoms with van der Waals surface area (Å²) in [5.41, 5.74) is 2.69. The summed E-state index contributed by atoms with van der Waals surface area (Å²) in [6.45, 7) is 5.21. The molecule has 0 bridgehead atoms. The molecule has 0 saturated heterocycles.